The van der Waals surface area contributed by atoms with Gasteiger partial charge < -0.3 is 5.32 Å². The van der Waals surface area contributed by atoms with Gasteiger partial charge in [0.15, 0.2) is 0 Å². The molecule has 1 atom stereocenters. The van der Waals surface area contributed by atoms with E-state index in [1.807, 2.05) is 6.92 Å². The number of carbonyl (C=O) groups excluding carboxylic acids is 1. The molecule has 0 saturated carbocycles. The van der Waals surface area contributed by atoms with E-state index in [-0.39, 0.29) is 11.9 Å². The molecule has 112 valence electrons. The van der Waals surface area contributed by atoms with E-state index in [2.05, 4.69) is 46.5 Å². The van der Waals surface area contributed by atoms with Crippen molar-refractivity contribution in [3.05, 3.63) is 35.9 Å². The number of amides is 1. The van der Waals surface area contributed by atoms with E-state index in [1.165, 1.54) is 5.56 Å². The Morgan fingerprint density at radius 1 is 1.38 bits per heavy atom. The largest absolute Gasteiger partial charge is 0.344 e. The Morgan fingerprint density at radius 3 is 2.67 bits per heavy atom. The van der Waals surface area contributed by atoms with Crippen LogP contribution in [0.25, 0.3) is 0 Å². The van der Waals surface area contributed by atoms with E-state index in [0.717, 1.165) is 38.3 Å². The van der Waals surface area contributed by atoms with Crippen molar-refractivity contribution in [3.63, 3.8) is 0 Å². The summed E-state index contributed by atoms with van der Waals surface area (Å²) in [6, 6.07) is 10.6. The van der Waals surface area contributed by atoms with Crippen LogP contribution in [0, 0.1) is 18.3 Å². The maximum Gasteiger partial charge on any atom is 0.237 e. The van der Waals surface area contributed by atoms with Gasteiger partial charge in [0, 0.05) is 0 Å². The van der Waals surface area contributed by atoms with E-state index in [9.17, 15) is 4.79 Å². The number of benzene rings is 1. The lowest BCUT2D eigenvalue weighted by atomic mass is 9.89. The first-order valence-electron chi connectivity index (χ1n) is 7.70. The maximum atomic E-state index is 11.9. The molecule has 1 aromatic rings. The summed E-state index contributed by atoms with van der Waals surface area (Å²) >= 11 is 0. The Balaban J connectivity index is 1.78. The summed E-state index contributed by atoms with van der Waals surface area (Å²) in [6.07, 6.45) is 8.62. The molecule has 3 nitrogen and oxygen atoms in total. The molecule has 1 N–H and O–H groups in total. The molecule has 1 fully saturated rings. The van der Waals surface area contributed by atoms with Crippen molar-refractivity contribution in [1.82, 2.24) is 10.2 Å². The molecule has 3 heteroatoms. The predicted octanol–water partition coefficient (Wildman–Crippen LogP) is 2.08. The summed E-state index contributed by atoms with van der Waals surface area (Å²) in [5, 5.41) is 2.76. The van der Waals surface area contributed by atoms with E-state index in [1.54, 1.807) is 0 Å². The van der Waals surface area contributed by atoms with Gasteiger partial charge in [-0.05, 0) is 50.8 Å². The SMILES string of the molecule is C#CCNC(=O)C(C)N1CCC(Cc2ccccc2)CC1. The number of hydrogen-bond acceptors (Lipinski definition) is 2. The molecule has 0 radical (unpaired) electrons. The second-order valence-corrected chi connectivity index (χ2v) is 5.77. The van der Waals surface area contributed by atoms with E-state index in [0.29, 0.717) is 6.54 Å². The van der Waals surface area contributed by atoms with Gasteiger partial charge in [0.05, 0.1) is 12.6 Å². The zero-order chi connectivity index (χ0) is 15.1. The Hall–Kier alpha value is -1.79. The predicted molar refractivity (Wildman–Crippen MR) is 85.7 cm³/mol. The fourth-order valence-electron chi connectivity index (χ4n) is 2.94. The first-order valence-corrected chi connectivity index (χ1v) is 7.70. The molecule has 1 heterocycles. The van der Waals surface area contributed by atoms with Crippen LogP contribution >= 0.6 is 0 Å². The van der Waals surface area contributed by atoms with Gasteiger partial charge >= 0.3 is 0 Å². The molecule has 1 saturated heterocycles. The van der Waals surface area contributed by atoms with Gasteiger partial charge in [0.25, 0.3) is 0 Å². The fraction of sp³-hybridized carbons (Fsp3) is 0.500. The van der Waals surface area contributed by atoms with Crippen molar-refractivity contribution < 1.29 is 4.79 Å². The lowest BCUT2D eigenvalue weighted by Crippen LogP contribution is -2.48. The Bertz CT molecular complexity index is 484. The first-order chi connectivity index (χ1) is 10.2. The molecular weight excluding hydrogens is 260 g/mol. The number of terminal acetylenes is 1. The van der Waals surface area contributed by atoms with Gasteiger partial charge in [0.1, 0.15) is 0 Å². The van der Waals surface area contributed by atoms with Crippen molar-refractivity contribution in [3.8, 4) is 12.3 Å². The van der Waals surface area contributed by atoms with E-state index >= 15 is 0 Å². The van der Waals surface area contributed by atoms with Crippen molar-refractivity contribution in [2.24, 2.45) is 5.92 Å². The molecule has 1 amide bonds. The minimum absolute atomic E-state index is 0.0365. The molecule has 21 heavy (non-hydrogen) atoms. The van der Waals surface area contributed by atoms with Crippen LogP contribution in [0.15, 0.2) is 30.3 Å². The first kappa shape index (κ1) is 15.6. The summed E-state index contributed by atoms with van der Waals surface area (Å²) in [7, 11) is 0. The van der Waals surface area contributed by atoms with Crippen LogP contribution in [-0.4, -0.2) is 36.5 Å². The van der Waals surface area contributed by atoms with Gasteiger partial charge in [-0.3, -0.25) is 9.69 Å². The number of likely N-dealkylation sites (tertiary alicyclic amines) is 1. The van der Waals surface area contributed by atoms with Gasteiger partial charge in [-0.15, -0.1) is 6.42 Å². The lowest BCUT2D eigenvalue weighted by Gasteiger charge is -2.35. The molecule has 2 rings (SSSR count). The van der Waals surface area contributed by atoms with Crippen LogP contribution in [0.4, 0.5) is 0 Å². The quantitative estimate of drug-likeness (QED) is 0.840. The monoisotopic (exact) mass is 284 g/mol. The van der Waals surface area contributed by atoms with E-state index in [4.69, 9.17) is 6.42 Å². The van der Waals surface area contributed by atoms with Crippen molar-refractivity contribution in [2.75, 3.05) is 19.6 Å². The smallest absolute Gasteiger partial charge is 0.237 e. The van der Waals surface area contributed by atoms with Crippen LogP contribution in [0.2, 0.25) is 0 Å². The Morgan fingerprint density at radius 2 is 2.05 bits per heavy atom. The third kappa shape index (κ3) is 4.61. The number of piperidine rings is 1. The number of carbonyl (C=O) groups is 1. The number of nitrogens with one attached hydrogen (secondary N) is 1. The van der Waals surface area contributed by atoms with Crippen molar-refractivity contribution >= 4 is 5.91 Å². The topological polar surface area (TPSA) is 32.3 Å². The minimum Gasteiger partial charge on any atom is -0.344 e. The van der Waals surface area contributed by atoms with Gasteiger partial charge in [0.2, 0.25) is 5.91 Å². The van der Waals surface area contributed by atoms with Gasteiger partial charge in [-0.25, -0.2) is 0 Å². The highest BCUT2D eigenvalue weighted by molar-refractivity contribution is 5.81. The van der Waals surface area contributed by atoms with Crippen molar-refractivity contribution in [2.45, 2.75) is 32.2 Å². The van der Waals surface area contributed by atoms with Crippen LogP contribution < -0.4 is 5.32 Å². The molecule has 0 aromatic heterocycles. The summed E-state index contributed by atoms with van der Waals surface area (Å²) in [5.41, 5.74) is 1.41. The molecule has 1 unspecified atom stereocenters. The molecule has 1 aliphatic heterocycles. The average molecular weight is 284 g/mol. The summed E-state index contributed by atoms with van der Waals surface area (Å²) in [6.45, 7) is 4.25. The van der Waals surface area contributed by atoms with Crippen molar-refractivity contribution in [1.29, 1.82) is 0 Å². The van der Waals surface area contributed by atoms with Crippen LogP contribution in [-0.2, 0) is 11.2 Å². The summed E-state index contributed by atoms with van der Waals surface area (Å²) < 4.78 is 0. The number of nitrogens with zero attached hydrogens (tertiary/aromatic N) is 1. The minimum atomic E-state index is -0.0870. The molecule has 1 aliphatic rings. The number of hydrogen-bond donors (Lipinski definition) is 1. The normalized spacial score (nSPS) is 17.9. The standard InChI is InChI=1S/C18H24N2O/c1-3-11-19-18(21)15(2)20-12-9-17(10-13-20)14-16-7-5-4-6-8-16/h1,4-8,15,17H,9-14H2,2H3,(H,19,21). The highest BCUT2D eigenvalue weighted by Crippen LogP contribution is 2.22. The Kier molecular flexibility index (Phi) is 5.83. The third-order valence-corrected chi connectivity index (χ3v) is 4.31. The van der Waals surface area contributed by atoms with Crippen LogP contribution in [0.1, 0.15) is 25.3 Å². The van der Waals surface area contributed by atoms with E-state index < -0.39 is 0 Å². The molecule has 0 bridgehead atoms. The molecule has 0 spiro atoms. The second-order valence-electron chi connectivity index (χ2n) is 5.77. The van der Waals surface area contributed by atoms with Gasteiger partial charge in [-0.2, -0.15) is 0 Å². The highest BCUT2D eigenvalue weighted by atomic mass is 16.2. The molecule has 1 aromatic carbocycles. The zero-order valence-electron chi connectivity index (χ0n) is 12.7. The third-order valence-electron chi connectivity index (χ3n) is 4.31. The van der Waals surface area contributed by atoms with Crippen LogP contribution in [0.3, 0.4) is 0 Å². The second kappa shape index (κ2) is 7.85. The number of rotatable bonds is 5. The maximum absolute atomic E-state index is 11.9. The highest BCUT2D eigenvalue weighted by Gasteiger charge is 2.26. The lowest BCUT2D eigenvalue weighted by molar-refractivity contribution is -0.126. The van der Waals surface area contributed by atoms with Crippen LogP contribution in [0.5, 0.6) is 0 Å². The molecular formula is C18H24N2O. The Labute approximate surface area is 127 Å². The fourth-order valence-corrected chi connectivity index (χ4v) is 2.94. The zero-order valence-corrected chi connectivity index (χ0v) is 12.7. The van der Waals surface area contributed by atoms with Gasteiger partial charge in [-0.1, -0.05) is 36.3 Å². The molecule has 0 aliphatic carbocycles. The summed E-state index contributed by atoms with van der Waals surface area (Å²) in [4.78, 5) is 14.2. The average Bonchev–Trinajstić information content (AvgIpc) is 2.53. The summed E-state index contributed by atoms with van der Waals surface area (Å²) in [5.74, 6) is 3.20.